The Labute approximate surface area is 120 Å². The van der Waals surface area contributed by atoms with Crippen LogP contribution in [-0.4, -0.2) is 10.1 Å². The molecule has 20 heavy (non-hydrogen) atoms. The molecule has 0 amide bonds. The highest BCUT2D eigenvalue weighted by Crippen LogP contribution is 2.48. The lowest BCUT2D eigenvalue weighted by Gasteiger charge is -2.27. The Morgan fingerprint density at radius 1 is 1.20 bits per heavy atom. The molecule has 1 atom stereocenters. The SMILES string of the molecule is CC1=C(C(O)c2ccc3cnccc3c2)C(C)(C)CC1. The monoisotopic (exact) mass is 267 g/mol. The molecule has 1 aromatic heterocycles. The van der Waals surface area contributed by atoms with E-state index in [1.165, 1.54) is 11.1 Å². The fraction of sp³-hybridized carbons (Fsp3) is 0.389. The van der Waals surface area contributed by atoms with Crippen molar-refractivity contribution in [3.8, 4) is 0 Å². The highest BCUT2D eigenvalue weighted by Gasteiger charge is 2.35. The van der Waals surface area contributed by atoms with E-state index in [4.69, 9.17) is 0 Å². The van der Waals surface area contributed by atoms with Crippen molar-refractivity contribution in [2.45, 2.75) is 39.7 Å². The van der Waals surface area contributed by atoms with Crippen molar-refractivity contribution < 1.29 is 5.11 Å². The molecule has 2 heteroatoms. The first kappa shape index (κ1) is 13.3. The first-order valence-corrected chi connectivity index (χ1v) is 7.21. The van der Waals surface area contributed by atoms with Crippen molar-refractivity contribution in [1.29, 1.82) is 0 Å². The molecular weight excluding hydrogens is 246 g/mol. The number of hydrogen-bond acceptors (Lipinski definition) is 2. The molecule has 1 N–H and O–H groups in total. The van der Waals surface area contributed by atoms with Gasteiger partial charge in [-0.25, -0.2) is 0 Å². The van der Waals surface area contributed by atoms with Gasteiger partial charge in [0, 0.05) is 17.8 Å². The van der Waals surface area contributed by atoms with E-state index in [-0.39, 0.29) is 5.41 Å². The Balaban J connectivity index is 2.04. The lowest BCUT2D eigenvalue weighted by Crippen LogP contribution is -2.16. The molecule has 1 aliphatic carbocycles. The van der Waals surface area contributed by atoms with Gasteiger partial charge in [0.15, 0.2) is 0 Å². The highest BCUT2D eigenvalue weighted by molar-refractivity contribution is 5.82. The summed E-state index contributed by atoms with van der Waals surface area (Å²) in [4.78, 5) is 4.13. The molecule has 0 bridgehead atoms. The maximum atomic E-state index is 10.8. The summed E-state index contributed by atoms with van der Waals surface area (Å²) in [5.74, 6) is 0. The molecule has 1 aliphatic rings. The number of pyridine rings is 1. The fourth-order valence-electron chi connectivity index (χ4n) is 3.39. The molecule has 1 heterocycles. The Hall–Kier alpha value is -1.67. The maximum Gasteiger partial charge on any atom is 0.101 e. The topological polar surface area (TPSA) is 33.1 Å². The summed E-state index contributed by atoms with van der Waals surface area (Å²) >= 11 is 0. The summed E-state index contributed by atoms with van der Waals surface area (Å²) in [5.41, 5.74) is 3.62. The number of aromatic nitrogens is 1. The Morgan fingerprint density at radius 3 is 2.70 bits per heavy atom. The number of hydrogen-bond donors (Lipinski definition) is 1. The molecule has 0 saturated heterocycles. The van der Waals surface area contributed by atoms with Crippen molar-refractivity contribution in [1.82, 2.24) is 4.98 Å². The van der Waals surface area contributed by atoms with Crippen LogP contribution in [0.2, 0.25) is 0 Å². The molecule has 0 spiro atoms. The van der Waals surface area contributed by atoms with Crippen LogP contribution in [0.3, 0.4) is 0 Å². The summed E-state index contributed by atoms with van der Waals surface area (Å²) in [6.07, 6.45) is 5.38. The van der Waals surface area contributed by atoms with Crippen molar-refractivity contribution >= 4 is 10.8 Å². The van der Waals surface area contributed by atoms with Crippen molar-refractivity contribution in [2.24, 2.45) is 5.41 Å². The van der Waals surface area contributed by atoms with Gasteiger partial charge in [-0.05, 0) is 53.8 Å². The summed E-state index contributed by atoms with van der Waals surface area (Å²) in [7, 11) is 0. The predicted octanol–water partition coefficient (Wildman–Crippen LogP) is 4.40. The average Bonchev–Trinajstić information content (AvgIpc) is 2.71. The van der Waals surface area contributed by atoms with Crippen LogP contribution < -0.4 is 0 Å². The van der Waals surface area contributed by atoms with Crippen LogP contribution in [0.1, 0.15) is 45.3 Å². The molecule has 2 aromatic rings. The first-order chi connectivity index (χ1) is 9.49. The Bertz CT molecular complexity index is 685. The third-order valence-corrected chi connectivity index (χ3v) is 4.57. The van der Waals surface area contributed by atoms with Gasteiger partial charge in [-0.1, -0.05) is 31.6 Å². The molecule has 2 nitrogen and oxygen atoms in total. The second-order valence-electron chi connectivity index (χ2n) is 6.46. The van der Waals surface area contributed by atoms with Crippen LogP contribution in [0.15, 0.2) is 47.8 Å². The Morgan fingerprint density at radius 2 is 2.00 bits per heavy atom. The van der Waals surface area contributed by atoms with Crippen LogP contribution in [0.25, 0.3) is 10.8 Å². The van der Waals surface area contributed by atoms with Gasteiger partial charge in [0.2, 0.25) is 0 Å². The number of benzene rings is 1. The molecule has 1 aromatic carbocycles. The second kappa shape index (κ2) is 4.71. The molecule has 0 radical (unpaired) electrons. The number of rotatable bonds is 2. The standard InChI is InChI=1S/C18H21NO/c1-12-6-8-18(2,3)16(12)17(20)14-4-5-15-11-19-9-7-13(15)10-14/h4-5,7,9-11,17,20H,6,8H2,1-3H3. The molecule has 0 aliphatic heterocycles. The van der Waals surface area contributed by atoms with Crippen LogP contribution in [0.4, 0.5) is 0 Å². The normalized spacial score (nSPS) is 19.6. The van der Waals surface area contributed by atoms with Gasteiger partial charge in [-0.3, -0.25) is 4.98 Å². The molecule has 104 valence electrons. The van der Waals surface area contributed by atoms with Gasteiger partial charge >= 0.3 is 0 Å². The minimum Gasteiger partial charge on any atom is -0.384 e. The highest BCUT2D eigenvalue weighted by atomic mass is 16.3. The first-order valence-electron chi connectivity index (χ1n) is 7.21. The van der Waals surface area contributed by atoms with E-state index >= 15 is 0 Å². The van der Waals surface area contributed by atoms with E-state index < -0.39 is 6.10 Å². The Kier molecular flexibility index (Phi) is 3.14. The lowest BCUT2D eigenvalue weighted by atomic mass is 9.80. The van der Waals surface area contributed by atoms with Crippen molar-refractivity contribution in [3.05, 3.63) is 53.4 Å². The number of aliphatic hydroxyl groups excluding tert-OH is 1. The van der Waals surface area contributed by atoms with Crippen molar-refractivity contribution in [2.75, 3.05) is 0 Å². The van der Waals surface area contributed by atoms with E-state index in [0.717, 1.165) is 29.2 Å². The molecule has 1 unspecified atom stereocenters. The maximum absolute atomic E-state index is 10.8. The second-order valence-corrected chi connectivity index (χ2v) is 6.46. The summed E-state index contributed by atoms with van der Waals surface area (Å²) in [6, 6.07) is 8.13. The zero-order chi connectivity index (χ0) is 14.3. The summed E-state index contributed by atoms with van der Waals surface area (Å²) in [5, 5.41) is 13.1. The van der Waals surface area contributed by atoms with E-state index in [1.807, 2.05) is 24.4 Å². The van der Waals surface area contributed by atoms with E-state index in [9.17, 15) is 5.11 Å². The van der Waals surface area contributed by atoms with Gasteiger partial charge in [0.25, 0.3) is 0 Å². The minimum atomic E-state index is -0.495. The smallest absolute Gasteiger partial charge is 0.101 e. The predicted molar refractivity (Wildman–Crippen MR) is 82.4 cm³/mol. The largest absolute Gasteiger partial charge is 0.384 e. The molecule has 0 saturated carbocycles. The lowest BCUT2D eigenvalue weighted by molar-refractivity contribution is 0.186. The van der Waals surface area contributed by atoms with Gasteiger partial charge in [-0.2, -0.15) is 0 Å². The zero-order valence-corrected chi connectivity index (χ0v) is 12.4. The number of fused-ring (bicyclic) bond motifs is 1. The summed E-state index contributed by atoms with van der Waals surface area (Å²) < 4.78 is 0. The van der Waals surface area contributed by atoms with E-state index in [2.05, 4.69) is 31.8 Å². The van der Waals surface area contributed by atoms with Crippen molar-refractivity contribution in [3.63, 3.8) is 0 Å². The number of nitrogens with zero attached hydrogens (tertiary/aromatic N) is 1. The van der Waals surface area contributed by atoms with Gasteiger partial charge in [-0.15, -0.1) is 0 Å². The third-order valence-electron chi connectivity index (χ3n) is 4.57. The quantitative estimate of drug-likeness (QED) is 0.818. The third kappa shape index (κ3) is 2.14. The van der Waals surface area contributed by atoms with Gasteiger partial charge < -0.3 is 5.11 Å². The van der Waals surface area contributed by atoms with Crippen LogP contribution in [0, 0.1) is 5.41 Å². The van der Waals surface area contributed by atoms with Gasteiger partial charge in [0.1, 0.15) is 6.10 Å². The summed E-state index contributed by atoms with van der Waals surface area (Å²) in [6.45, 7) is 6.61. The van der Waals surface area contributed by atoms with Crippen LogP contribution >= 0.6 is 0 Å². The minimum absolute atomic E-state index is 0.0939. The number of allylic oxidation sites excluding steroid dienone is 1. The zero-order valence-electron chi connectivity index (χ0n) is 12.4. The van der Waals surface area contributed by atoms with Crippen LogP contribution in [-0.2, 0) is 0 Å². The fourth-order valence-corrected chi connectivity index (χ4v) is 3.39. The van der Waals surface area contributed by atoms with E-state index in [0.29, 0.717) is 0 Å². The molecule has 3 rings (SSSR count). The number of aliphatic hydroxyl groups is 1. The molecular formula is C18H21NO. The van der Waals surface area contributed by atoms with E-state index in [1.54, 1.807) is 6.20 Å². The van der Waals surface area contributed by atoms with Gasteiger partial charge in [0.05, 0.1) is 0 Å². The average molecular weight is 267 g/mol. The van der Waals surface area contributed by atoms with Crippen LogP contribution in [0.5, 0.6) is 0 Å². The molecule has 0 fully saturated rings.